The molecule has 5 N–H and O–H groups in total. The first-order valence-electron chi connectivity index (χ1n) is 15.8. The molecule has 0 aromatic heterocycles. The van der Waals surface area contributed by atoms with Gasteiger partial charge in [-0.05, 0) is 72.8 Å². The topological polar surface area (TPSA) is 224 Å². The molecule has 0 spiro atoms. The zero-order chi connectivity index (χ0) is 36.1. The number of amides is 3. The molecule has 0 radical (unpaired) electrons. The highest BCUT2D eigenvalue weighted by Gasteiger charge is 2.45. The Morgan fingerprint density at radius 2 is 1.77 bits per heavy atom. The molecule has 0 aliphatic carbocycles. The number of likely N-dealkylation sites (N-methyl/N-ethyl adjacent to an activating group) is 1. The van der Waals surface area contributed by atoms with E-state index in [9.17, 15) is 37.8 Å². The number of carbonyl (C=O) groups excluding carboxylic acids is 4. The van der Waals surface area contributed by atoms with Crippen LogP contribution in [0.4, 0.5) is 4.79 Å². The fourth-order valence-corrected chi connectivity index (χ4v) is 5.82. The van der Waals surface area contributed by atoms with Crippen molar-refractivity contribution < 1.29 is 56.2 Å². The van der Waals surface area contributed by atoms with E-state index in [1.54, 1.807) is 48.5 Å². The van der Waals surface area contributed by atoms with E-state index < -0.39 is 76.8 Å². The highest BCUT2D eigenvalue weighted by atomic mass is 32.2. The number of nitrogens with two attached hydrogens (primary N) is 1. The van der Waals surface area contributed by atoms with Gasteiger partial charge in [0.05, 0.1) is 19.3 Å². The van der Waals surface area contributed by atoms with Crippen LogP contribution in [0.5, 0.6) is 0 Å². The van der Waals surface area contributed by atoms with Crippen LogP contribution in [0.1, 0.15) is 87.0 Å². The summed E-state index contributed by atoms with van der Waals surface area (Å²) < 4.78 is 48.5. The predicted molar refractivity (Wildman–Crippen MR) is 170 cm³/mol. The van der Waals surface area contributed by atoms with Gasteiger partial charge in [-0.1, -0.05) is 25.8 Å². The molecule has 1 aliphatic heterocycles. The van der Waals surface area contributed by atoms with E-state index in [1.165, 1.54) is 6.08 Å². The smallest absolute Gasteiger partial charge is 0.408 e. The number of carbonyl (C=O) groups is 4. The number of esters is 1. The highest BCUT2D eigenvalue weighted by molar-refractivity contribution is 7.84. The third-order valence-electron chi connectivity index (χ3n) is 7.18. The summed E-state index contributed by atoms with van der Waals surface area (Å²) in [4.78, 5) is 51.5. The maximum atomic E-state index is 13.7. The summed E-state index contributed by atoms with van der Waals surface area (Å²) in [6.45, 7) is 11.6. The van der Waals surface area contributed by atoms with Crippen molar-refractivity contribution in [1.82, 2.24) is 14.7 Å². The number of nitrogens with one attached hydrogen (secondary N) is 1. The zero-order valence-corrected chi connectivity index (χ0v) is 29.6. The first-order valence-corrected chi connectivity index (χ1v) is 17.2. The van der Waals surface area contributed by atoms with E-state index in [4.69, 9.17) is 24.1 Å². The van der Waals surface area contributed by atoms with Gasteiger partial charge in [0.15, 0.2) is 0 Å². The van der Waals surface area contributed by atoms with E-state index in [2.05, 4.69) is 5.32 Å². The quantitative estimate of drug-likeness (QED) is 0.0775. The van der Waals surface area contributed by atoms with Crippen LogP contribution >= 0.6 is 0 Å². The van der Waals surface area contributed by atoms with Gasteiger partial charge in [0.25, 0.3) is 11.8 Å². The lowest BCUT2D eigenvalue weighted by atomic mass is 9.95. The molecular formula is C30H54N4O12S. The van der Waals surface area contributed by atoms with Crippen molar-refractivity contribution in [3.05, 3.63) is 11.6 Å². The molecule has 0 unspecified atom stereocenters. The van der Waals surface area contributed by atoms with Crippen molar-refractivity contribution >= 4 is 34.2 Å². The summed E-state index contributed by atoms with van der Waals surface area (Å²) in [7, 11) is -4.11. The van der Waals surface area contributed by atoms with Crippen molar-refractivity contribution in [2.75, 3.05) is 26.8 Å². The summed E-state index contributed by atoms with van der Waals surface area (Å²) in [6, 6.07) is -1.30. The number of hydrogen-bond acceptors (Lipinski definition) is 13. The summed E-state index contributed by atoms with van der Waals surface area (Å²) in [5.41, 5.74) is 5.18. The maximum Gasteiger partial charge on any atom is 0.408 e. The second-order valence-corrected chi connectivity index (χ2v) is 14.0. The Labute approximate surface area is 278 Å². The Balaban J connectivity index is 3.30. The molecule has 3 amide bonds. The van der Waals surface area contributed by atoms with Gasteiger partial charge >= 0.3 is 22.4 Å². The summed E-state index contributed by atoms with van der Waals surface area (Å²) in [6.07, 6.45) is -4.61. The number of rotatable bonds is 16. The molecule has 1 aliphatic rings. The molecule has 6 atom stereocenters. The molecule has 1 fully saturated rings. The van der Waals surface area contributed by atoms with Crippen molar-refractivity contribution in [1.29, 1.82) is 0 Å². The Morgan fingerprint density at radius 3 is 2.32 bits per heavy atom. The molecule has 0 aromatic rings. The Hall–Kier alpha value is -2.83. The fraction of sp³-hybridized carbons (Fsp3) is 0.800. The molecular weight excluding hydrogens is 640 g/mol. The number of alkyl carbamates (subject to hydrolysis) is 1. The SMILES string of the molecule is CCOC(=O)/C=C(\C)C[C@@H]1OC[C@@H](OS(=O)(=O)N(C(=O)C[C@@H](C)CC)N(C)C(=O)[C@H](CCCCN)NC(=O)OC(C)(C)C)[C@H](O)[C@H]1O. The van der Waals surface area contributed by atoms with Gasteiger partial charge in [0, 0.05) is 19.5 Å². The molecule has 47 heavy (non-hydrogen) atoms. The van der Waals surface area contributed by atoms with Crippen LogP contribution in [-0.2, 0) is 43.1 Å². The van der Waals surface area contributed by atoms with Crippen LogP contribution in [0.25, 0.3) is 0 Å². The molecule has 1 heterocycles. The third-order valence-corrected chi connectivity index (χ3v) is 8.54. The van der Waals surface area contributed by atoms with E-state index in [0.717, 1.165) is 7.05 Å². The minimum Gasteiger partial charge on any atom is -0.463 e. The second kappa shape index (κ2) is 19.2. The van der Waals surface area contributed by atoms with Crippen molar-refractivity contribution in [2.45, 2.75) is 123 Å². The largest absolute Gasteiger partial charge is 0.463 e. The number of hydrogen-bond donors (Lipinski definition) is 4. The van der Waals surface area contributed by atoms with Crippen LogP contribution in [0.3, 0.4) is 0 Å². The van der Waals surface area contributed by atoms with E-state index in [1.807, 2.05) is 0 Å². The molecule has 272 valence electrons. The minimum atomic E-state index is -5.15. The Bertz CT molecular complexity index is 1190. The first-order chi connectivity index (χ1) is 21.8. The predicted octanol–water partition coefficient (Wildman–Crippen LogP) is 1.30. The summed E-state index contributed by atoms with van der Waals surface area (Å²) in [5.74, 6) is -2.83. The van der Waals surface area contributed by atoms with Crippen LogP contribution in [0.15, 0.2) is 11.6 Å². The molecule has 16 nitrogen and oxygen atoms in total. The highest BCUT2D eigenvalue weighted by Crippen LogP contribution is 2.26. The number of unbranched alkanes of at least 4 members (excludes halogenated alkanes) is 1. The Kier molecular flexibility index (Phi) is 17.3. The third kappa shape index (κ3) is 14.0. The van der Waals surface area contributed by atoms with Gasteiger partial charge in [0.1, 0.15) is 30.0 Å². The van der Waals surface area contributed by atoms with E-state index in [0.29, 0.717) is 36.4 Å². The maximum absolute atomic E-state index is 13.7. The average molecular weight is 695 g/mol. The molecule has 1 saturated heterocycles. The van der Waals surface area contributed by atoms with Crippen LogP contribution in [0.2, 0.25) is 0 Å². The van der Waals surface area contributed by atoms with Gasteiger partial charge in [-0.2, -0.15) is 8.42 Å². The lowest BCUT2D eigenvalue weighted by Crippen LogP contribution is -2.59. The summed E-state index contributed by atoms with van der Waals surface area (Å²) >= 11 is 0. The zero-order valence-electron chi connectivity index (χ0n) is 28.8. The Morgan fingerprint density at radius 1 is 1.13 bits per heavy atom. The number of aliphatic hydroxyl groups excluding tert-OH is 2. The van der Waals surface area contributed by atoms with Crippen LogP contribution in [-0.4, -0.2) is 115 Å². The average Bonchev–Trinajstić information content (AvgIpc) is 2.94. The van der Waals surface area contributed by atoms with Gasteiger partial charge in [-0.15, -0.1) is 4.41 Å². The molecule has 0 saturated carbocycles. The van der Waals surface area contributed by atoms with Gasteiger partial charge < -0.3 is 35.5 Å². The number of aliphatic hydroxyl groups is 2. The minimum absolute atomic E-state index is 0.0173. The van der Waals surface area contributed by atoms with E-state index in [-0.39, 0.29) is 36.2 Å². The van der Waals surface area contributed by atoms with Gasteiger partial charge in [-0.25, -0.2) is 18.8 Å². The monoisotopic (exact) mass is 694 g/mol. The van der Waals surface area contributed by atoms with E-state index >= 15 is 0 Å². The molecule has 0 aromatic carbocycles. The molecule has 17 heteroatoms. The first kappa shape index (κ1) is 42.2. The molecule has 0 bridgehead atoms. The molecule has 1 rings (SSSR count). The van der Waals surface area contributed by atoms with Gasteiger partial charge in [0.2, 0.25) is 0 Å². The normalized spacial score (nSPS) is 21.7. The van der Waals surface area contributed by atoms with Crippen molar-refractivity contribution in [2.24, 2.45) is 11.7 Å². The lowest BCUT2D eigenvalue weighted by Gasteiger charge is -2.39. The van der Waals surface area contributed by atoms with Crippen molar-refractivity contribution in [3.8, 4) is 0 Å². The number of nitrogens with zero attached hydrogens (tertiary/aromatic N) is 2. The van der Waals surface area contributed by atoms with Crippen molar-refractivity contribution in [3.63, 3.8) is 0 Å². The lowest BCUT2D eigenvalue weighted by molar-refractivity contribution is -0.181. The van der Waals surface area contributed by atoms with Crippen LogP contribution < -0.4 is 11.1 Å². The summed E-state index contributed by atoms with van der Waals surface area (Å²) in [5, 5.41) is 24.5. The second-order valence-electron chi connectivity index (χ2n) is 12.6. The number of ether oxygens (including phenoxy) is 3. The van der Waals surface area contributed by atoms with Gasteiger partial charge in [-0.3, -0.25) is 9.59 Å². The van der Waals surface area contributed by atoms with Crippen LogP contribution in [0, 0.1) is 5.92 Å². The fourth-order valence-electron chi connectivity index (χ4n) is 4.56. The number of hydrazine groups is 1. The standard InChI is InChI=1S/C30H54N4O12S/c1-9-19(3)16-24(35)34(33(8)28(39)21(13-11-12-14-31)32-29(40)45-30(5,6)7)47(41,42)46-23-18-44-22(26(37)27(23)38)15-20(4)17-25(36)43-10-2/h17,19,21-23,26-27,37-38H,9-16,18,31H2,1-8H3,(H,32,40)/b20-17+/t19-,21-,22-,23+,26-,27-/m0/s1.